The molecular weight excluding hydrogens is 326 g/mol. The topological polar surface area (TPSA) is 78.8 Å². The average molecular weight is 345 g/mol. The maximum atomic E-state index is 9.01. The summed E-state index contributed by atoms with van der Waals surface area (Å²) < 4.78 is 5.41. The summed E-state index contributed by atoms with van der Waals surface area (Å²) in [6, 6.07) is 11.9. The average Bonchev–Trinajstić information content (AvgIpc) is 3.44. The minimum absolute atomic E-state index is 0.376. The Hall–Kier alpha value is -2.94. The summed E-state index contributed by atoms with van der Waals surface area (Å²) >= 11 is 0. The molecule has 26 heavy (non-hydrogen) atoms. The molecule has 5 rings (SSSR count). The molecule has 1 aliphatic heterocycles. The highest BCUT2D eigenvalue weighted by atomic mass is 16.5. The summed E-state index contributed by atoms with van der Waals surface area (Å²) in [5.41, 5.74) is 1.59. The highest BCUT2D eigenvalue weighted by Gasteiger charge is 2.32. The van der Waals surface area contributed by atoms with Gasteiger partial charge in [-0.3, -0.25) is 0 Å². The molecule has 3 aromatic rings. The zero-order chi connectivity index (χ0) is 17.5. The Morgan fingerprint density at radius 3 is 2.62 bits per heavy atom. The lowest BCUT2D eigenvalue weighted by molar-refractivity contribution is 0.364. The number of nitrogens with zero attached hydrogens (tertiary/aromatic N) is 5. The molecule has 130 valence electrons. The van der Waals surface area contributed by atoms with E-state index in [1.807, 2.05) is 30.3 Å². The number of hydrogen-bond acceptors (Lipinski definition) is 6. The number of benzene rings is 1. The van der Waals surface area contributed by atoms with Crippen molar-refractivity contribution in [2.75, 3.05) is 18.0 Å². The van der Waals surface area contributed by atoms with Crippen molar-refractivity contribution in [3.63, 3.8) is 0 Å². The summed E-state index contributed by atoms with van der Waals surface area (Å²) in [4.78, 5) is 11.7. The largest absolute Gasteiger partial charge is 0.357 e. The van der Waals surface area contributed by atoms with Crippen molar-refractivity contribution in [2.24, 2.45) is 0 Å². The predicted octanol–water partition coefficient (Wildman–Crippen LogP) is 3.75. The molecule has 2 fully saturated rings. The third-order valence-corrected chi connectivity index (χ3v) is 5.37. The third-order valence-electron chi connectivity index (χ3n) is 5.37. The molecule has 0 spiro atoms. The maximum absolute atomic E-state index is 9.01. The van der Waals surface area contributed by atoms with Crippen LogP contribution in [0.3, 0.4) is 0 Å². The monoisotopic (exact) mass is 345 g/mol. The van der Waals surface area contributed by atoms with Crippen LogP contribution in [-0.4, -0.2) is 28.2 Å². The fourth-order valence-electron chi connectivity index (χ4n) is 3.64. The van der Waals surface area contributed by atoms with Gasteiger partial charge in [0.25, 0.3) is 0 Å². The van der Waals surface area contributed by atoms with Gasteiger partial charge in [-0.15, -0.1) is 0 Å². The molecule has 0 atom stereocenters. The molecule has 0 radical (unpaired) electrons. The Balaban J connectivity index is 1.30. The van der Waals surface area contributed by atoms with E-state index >= 15 is 0 Å². The van der Waals surface area contributed by atoms with Crippen molar-refractivity contribution >= 4 is 16.7 Å². The van der Waals surface area contributed by atoms with Crippen LogP contribution in [0.25, 0.3) is 10.9 Å². The highest BCUT2D eigenvalue weighted by Crippen LogP contribution is 2.40. The first-order chi connectivity index (χ1) is 12.8. The summed E-state index contributed by atoms with van der Waals surface area (Å²) in [6.07, 6.45) is 4.39. The fourth-order valence-corrected chi connectivity index (χ4v) is 3.64. The van der Waals surface area contributed by atoms with Crippen LogP contribution in [0.4, 0.5) is 5.82 Å². The van der Waals surface area contributed by atoms with Crippen LogP contribution in [0.1, 0.15) is 54.8 Å². The SMILES string of the molecule is N#Cc1ccc2nc(N3CCC(c4noc(C5CC5)n4)CC3)ccc2c1. The van der Waals surface area contributed by atoms with Crippen LogP contribution < -0.4 is 4.90 Å². The number of nitriles is 1. The Morgan fingerprint density at radius 2 is 1.85 bits per heavy atom. The van der Waals surface area contributed by atoms with Crippen molar-refractivity contribution in [3.05, 3.63) is 47.6 Å². The van der Waals surface area contributed by atoms with Gasteiger partial charge >= 0.3 is 0 Å². The first-order valence-corrected chi connectivity index (χ1v) is 9.19. The van der Waals surface area contributed by atoms with E-state index < -0.39 is 0 Å². The molecular formula is C20H19N5O. The van der Waals surface area contributed by atoms with Crippen molar-refractivity contribution in [1.29, 1.82) is 5.26 Å². The minimum atomic E-state index is 0.376. The van der Waals surface area contributed by atoms with Gasteiger partial charge in [0.15, 0.2) is 5.82 Å². The van der Waals surface area contributed by atoms with Crippen LogP contribution >= 0.6 is 0 Å². The van der Waals surface area contributed by atoms with E-state index in [1.165, 1.54) is 12.8 Å². The summed E-state index contributed by atoms with van der Waals surface area (Å²) in [5.74, 6) is 3.59. The first-order valence-electron chi connectivity index (χ1n) is 9.19. The van der Waals surface area contributed by atoms with E-state index in [4.69, 9.17) is 14.8 Å². The zero-order valence-corrected chi connectivity index (χ0v) is 14.4. The molecule has 0 N–H and O–H groups in total. The van der Waals surface area contributed by atoms with Gasteiger partial charge in [0.05, 0.1) is 17.1 Å². The maximum Gasteiger partial charge on any atom is 0.229 e. The van der Waals surface area contributed by atoms with Gasteiger partial charge < -0.3 is 9.42 Å². The summed E-state index contributed by atoms with van der Waals surface area (Å²) in [5, 5.41) is 14.2. The van der Waals surface area contributed by atoms with Gasteiger partial charge in [-0.05, 0) is 56.0 Å². The van der Waals surface area contributed by atoms with Gasteiger partial charge in [-0.1, -0.05) is 5.16 Å². The number of fused-ring (bicyclic) bond motifs is 1. The van der Waals surface area contributed by atoms with Crippen LogP contribution in [0.5, 0.6) is 0 Å². The van der Waals surface area contributed by atoms with Crippen molar-refractivity contribution in [2.45, 2.75) is 37.5 Å². The van der Waals surface area contributed by atoms with Crippen LogP contribution in [0, 0.1) is 11.3 Å². The lowest BCUT2D eigenvalue weighted by Gasteiger charge is -2.31. The predicted molar refractivity (Wildman–Crippen MR) is 96.9 cm³/mol. The second kappa shape index (κ2) is 6.10. The zero-order valence-electron chi connectivity index (χ0n) is 14.4. The molecule has 2 aliphatic rings. The molecule has 6 heteroatoms. The molecule has 1 aromatic carbocycles. The first kappa shape index (κ1) is 15.3. The van der Waals surface area contributed by atoms with Gasteiger partial charge in [-0.25, -0.2) is 4.98 Å². The van der Waals surface area contributed by atoms with Crippen molar-refractivity contribution < 1.29 is 4.52 Å². The summed E-state index contributed by atoms with van der Waals surface area (Å²) in [6.45, 7) is 1.87. The number of rotatable bonds is 3. The lowest BCUT2D eigenvalue weighted by atomic mass is 9.96. The molecule has 0 unspecified atom stereocenters. The Kier molecular flexibility index (Phi) is 3.59. The molecule has 1 saturated heterocycles. The molecule has 3 heterocycles. The van der Waals surface area contributed by atoms with Gasteiger partial charge in [0.2, 0.25) is 5.89 Å². The molecule has 0 bridgehead atoms. The van der Waals surface area contributed by atoms with Gasteiger partial charge in [-0.2, -0.15) is 10.2 Å². The minimum Gasteiger partial charge on any atom is -0.357 e. The van der Waals surface area contributed by atoms with Crippen LogP contribution in [-0.2, 0) is 0 Å². The number of aromatic nitrogens is 3. The molecule has 1 saturated carbocycles. The quantitative estimate of drug-likeness (QED) is 0.719. The number of piperidine rings is 1. The highest BCUT2D eigenvalue weighted by molar-refractivity contribution is 5.81. The third kappa shape index (κ3) is 2.80. The molecule has 6 nitrogen and oxygen atoms in total. The second-order valence-electron chi connectivity index (χ2n) is 7.22. The van der Waals surface area contributed by atoms with Crippen LogP contribution in [0.15, 0.2) is 34.9 Å². The number of pyridine rings is 1. The van der Waals surface area contributed by atoms with Crippen molar-refractivity contribution in [1.82, 2.24) is 15.1 Å². The number of hydrogen-bond donors (Lipinski definition) is 0. The van der Waals surface area contributed by atoms with E-state index in [9.17, 15) is 0 Å². The van der Waals surface area contributed by atoms with E-state index in [-0.39, 0.29) is 0 Å². The van der Waals surface area contributed by atoms with Gasteiger partial charge in [0, 0.05) is 30.3 Å². The second-order valence-corrected chi connectivity index (χ2v) is 7.22. The van der Waals surface area contributed by atoms with E-state index in [2.05, 4.69) is 21.1 Å². The van der Waals surface area contributed by atoms with E-state index in [1.54, 1.807) is 0 Å². The van der Waals surface area contributed by atoms with Crippen LogP contribution in [0.2, 0.25) is 0 Å². The Bertz CT molecular complexity index is 993. The smallest absolute Gasteiger partial charge is 0.229 e. The standard InChI is InChI=1S/C20H19N5O/c21-12-13-1-5-17-16(11-13)4-6-18(22-17)25-9-7-14(8-10-25)19-23-20(26-24-19)15-2-3-15/h1,4-6,11,14-15H,2-3,7-10H2. The Labute approximate surface area is 151 Å². The number of anilines is 1. The van der Waals surface area contributed by atoms with E-state index in [0.717, 1.165) is 54.4 Å². The fraction of sp³-hybridized carbons (Fsp3) is 0.400. The lowest BCUT2D eigenvalue weighted by Crippen LogP contribution is -2.33. The molecule has 1 aliphatic carbocycles. The van der Waals surface area contributed by atoms with E-state index in [0.29, 0.717) is 17.4 Å². The van der Waals surface area contributed by atoms with Gasteiger partial charge in [0.1, 0.15) is 5.82 Å². The Morgan fingerprint density at radius 1 is 1.00 bits per heavy atom. The molecule has 2 aromatic heterocycles. The normalized spacial score (nSPS) is 18.2. The van der Waals surface area contributed by atoms with Crippen molar-refractivity contribution in [3.8, 4) is 6.07 Å². The summed E-state index contributed by atoms with van der Waals surface area (Å²) in [7, 11) is 0. The molecule has 0 amide bonds.